The van der Waals surface area contributed by atoms with E-state index in [1.165, 1.54) is 0 Å². The molecule has 7 heteroatoms. The summed E-state index contributed by atoms with van der Waals surface area (Å²) in [6, 6.07) is 14.4. The summed E-state index contributed by atoms with van der Waals surface area (Å²) >= 11 is 12.0. The van der Waals surface area contributed by atoms with E-state index in [-0.39, 0.29) is 18.1 Å². The molecule has 2 amide bonds. The molecule has 0 heterocycles. The predicted molar refractivity (Wildman–Crippen MR) is 107 cm³/mol. The highest BCUT2D eigenvalue weighted by Crippen LogP contribution is 2.29. The fourth-order valence-electron chi connectivity index (χ4n) is 2.43. The first-order valence-corrected chi connectivity index (χ1v) is 9.13. The monoisotopic (exact) mass is 405 g/mol. The van der Waals surface area contributed by atoms with Crippen LogP contribution in [0.4, 0.5) is 4.79 Å². The standard InChI is InChI=1S/C20H21Cl2N3O2/c1-20(2,15-6-7-17(21)18(22)11-15)13-25-19(26)24-12-14-4-3-5-16(10-14)27-9-8-23/h3-7,10-11H,9,12-13H2,1-2H3,(H2,24,25,26). The molecule has 0 aromatic heterocycles. The van der Waals surface area contributed by atoms with Gasteiger partial charge >= 0.3 is 6.03 Å². The summed E-state index contributed by atoms with van der Waals surface area (Å²) in [5.41, 5.74) is 1.56. The minimum atomic E-state index is -0.309. The van der Waals surface area contributed by atoms with Gasteiger partial charge in [0.15, 0.2) is 6.61 Å². The zero-order chi connectivity index (χ0) is 19.9. The van der Waals surface area contributed by atoms with Crippen molar-refractivity contribution >= 4 is 29.2 Å². The fraction of sp³-hybridized carbons (Fsp3) is 0.300. The first-order chi connectivity index (χ1) is 12.8. The number of halogens is 2. The maximum atomic E-state index is 12.1. The second-order valence-electron chi connectivity index (χ2n) is 6.64. The Hall–Kier alpha value is -2.42. The van der Waals surface area contributed by atoms with E-state index in [4.69, 9.17) is 33.2 Å². The molecule has 0 aliphatic rings. The summed E-state index contributed by atoms with van der Waals surface area (Å²) in [6.45, 7) is 4.80. The average Bonchev–Trinajstić information content (AvgIpc) is 2.65. The normalized spacial score (nSPS) is 10.8. The lowest BCUT2D eigenvalue weighted by atomic mass is 9.84. The van der Waals surface area contributed by atoms with Gasteiger partial charge in [-0.1, -0.05) is 55.2 Å². The van der Waals surface area contributed by atoms with Gasteiger partial charge in [-0.2, -0.15) is 5.26 Å². The largest absolute Gasteiger partial charge is 0.479 e. The molecule has 5 nitrogen and oxygen atoms in total. The lowest BCUT2D eigenvalue weighted by Gasteiger charge is -2.26. The van der Waals surface area contributed by atoms with E-state index >= 15 is 0 Å². The number of nitriles is 1. The number of carbonyl (C=O) groups excluding carboxylic acids is 1. The van der Waals surface area contributed by atoms with Crippen molar-refractivity contribution in [2.45, 2.75) is 25.8 Å². The van der Waals surface area contributed by atoms with Gasteiger partial charge in [0.1, 0.15) is 11.8 Å². The summed E-state index contributed by atoms with van der Waals surface area (Å²) < 4.78 is 5.25. The number of urea groups is 1. The van der Waals surface area contributed by atoms with Crippen molar-refractivity contribution in [1.29, 1.82) is 5.26 Å². The van der Waals surface area contributed by atoms with E-state index < -0.39 is 0 Å². The molecule has 0 aliphatic carbocycles. The van der Waals surface area contributed by atoms with Gasteiger partial charge in [0.05, 0.1) is 10.0 Å². The van der Waals surface area contributed by atoms with E-state index in [2.05, 4.69) is 10.6 Å². The molecule has 0 atom stereocenters. The van der Waals surface area contributed by atoms with Gasteiger partial charge in [-0.25, -0.2) is 4.79 Å². The van der Waals surface area contributed by atoms with Crippen LogP contribution in [0.5, 0.6) is 5.75 Å². The Morgan fingerprint density at radius 1 is 1.15 bits per heavy atom. The van der Waals surface area contributed by atoms with E-state index in [1.807, 2.05) is 44.2 Å². The van der Waals surface area contributed by atoms with Crippen molar-refractivity contribution in [2.24, 2.45) is 0 Å². The van der Waals surface area contributed by atoms with Gasteiger partial charge in [0.2, 0.25) is 0 Å². The van der Waals surface area contributed by atoms with Gasteiger partial charge in [-0.15, -0.1) is 0 Å². The molecular weight excluding hydrogens is 385 g/mol. The topological polar surface area (TPSA) is 74.2 Å². The molecule has 0 spiro atoms. The molecule has 2 rings (SSSR count). The number of nitrogens with one attached hydrogen (secondary N) is 2. The third-order valence-corrected chi connectivity index (χ3v) is 4.79. The van der Waals surface area contributed by atoms with Gasteiger partial charge < -0.3 is 15.4 Å². The number of rotatable bonds is 7. The third kappa shape index (κ3) is 6.35. The van der Waals surface area contributed by atoms with Crippen LogP contribution >= 0.6 is 23.2 Å². The fourth-order valence-corrected chi connectivity index (χ4v) is 2.72. The molecule has 0 fully saturated rings. The van der Waals surface area contributed by atoms with Crippen LogP contribution in [0.3, 0.4) is 0 Å². The van der Waals surface area contributed by atoms with Crippen LogP contribution < -0.4 is 15.4 Å². The SMILES string of the molecule is CC(C)(CNC(=O)NCc1cccc(OCC#N)c1)c1ccc(Cl)c(Cl)c1. The summed E-state index contributed by atoms with van der Waals surface area (Å²) in [7, 11) is 0. The maximum Gasteiger partial charge on any atom is 0.315 e. The molecular formula is C20H21Cl2N3O2. The molecule has 2 aromatic rings. The zero-order valence-corrected chi connectivity index (χ0v) is 16.7. The quantitative estimate of drug-likeness (QED) is 0.702. The third-order valence-electron chi connectivity index (χ3n) is 4.05. The van der Waals surface area contributed by atoms with E-state index in [1.54, 1.807) is 18.2 Å². The number of amides is 2. The van der Waals surface area contributed by atoms with Gasteiger partial charge in [0.25, 0.3) is 0 Å². The van der Waals surface area contributed by atoms with Crippen molar-refractivity contribution in [1.82, 2.24) is 10.6 Å². The van der Waals surface area contributed by atoms with Crippen molar-refractivity contribution in [3.8, 4) is 11.8 Å². The number of hydrogen-bond acceptors (Lipinski definition) is 3. The van der Waals surface area contributed by atoms with Crippen LogP contribution in [0.15, 0.2) is 42.5 Å². The zero-order valence-electron chi connectivity index (χ0n) is 15.2. The van der Waals surface area contributed by atoms with Gasteiger partial charge in [-0.05, 0) is 35.4 Å². The van der Waals surface area contributed by atoms with Crippen molar-refractivity contribution in [3.63, 3.8) is 0 Å². The summed E-state index contributed by atoms with van der Waals surface area (Å²) in [5.74, 6) is 0.594. The number of hydrogen-bond donors (Lipinski definition) is 2. The number of nitrogens with zero attached hydrogens (tertiary/aromatic N) is 1. The van der Waals surface area contributed by atoms with Crippen molar-refractivity contribution < 1.29 is 9.53 Å². The highest BCUT2D eigenvalue weighted by atomic mass is 35.5. The molecule has 142 valence electrons. The van der Waals surface area contributed by atoms with Crippen LogP contribution in [-0.2, 0) is 12.0 Å². The van der Waals surface area contributed by atoms with Crippen molar-refractivity contribution in [3.05, 3.63) is 63.6 Å². The Morgan fingerprint density at radius 2 is 1.93 bits per heavy atom. The molecule has 0 saturated carbocycles. The summed E-state index contributed by atoms with van der Waals surface area (Å²) in [5, 5.41) is 15.2. The molecule has 0 saturated heterocycles. The first kappa shape index (κ1) is 20.9. The Bertz CT molecular complexity index is 847. The average molecular weight is 406 g/mol. The van der Waals surface area contributed by atoms with Gasteiger partial charge in [0, 0.05) is 18.5 Å². The van der Waals surface area contributed by atoms with E-state index in [0.717, 1.165) is 11.1 Å². The molecule has 0 radical (unpaired) electrons. The molecule has 2 N–H and O–H groups in total. The lowest BCUT2D eigenvalue weighted by molar-refractivity contribution is 0.238. The lowest BCUT2D eigenvalue weighted by Crippen LogP contribution is -2.42. The Morgan fingerprint density at radius 3 is 2.63 bits per heavy atom. The van der Waals surface area contributed by atoms with Crippen LogP contribution in [0, 0.1) is 11.3 Å². The molecule has 2 aromatic carbocycles. The predicted octanol–water partition coefficient (Wildman–Crippen LogP) is 4.67. The maximum absolute atomic E-state index is 12.1. The highest BCUT2D eigenvalue weighted by molar-refractivity contribution is 6.42. The van der Waals surface area contributed by atoms with Crippen LogP contribution in [0.1, 0.15) is 25.0 Å². The molecule has 27 heavy (non-hydrogen) atoms. The second kappa shape index (κ2) is 9.50. The molecule has 0 bridgehead atoms. The van der Waals surface area contributed by atoms with Crippen LogP contribution in [0.2, 0.25) is 10.0 Å². The van der Waals surface area contributed by atoms with Crippen LogP contribution in [-0.4, -0.2) is 19.2 Å². The Kier molecular flexibility index (Phi) is 7.35. The first-order valence-electron chi connectivity index (χ1n) is 8.38. The molecule has 0 aliphatic heterocycles. The summed E-state index contributed by atoms with van der Waals surface area (Å²) in [6.07, 6.45) is 0. The molecule has 0 unspecified atom stereocenters. The van der Waals surface area contributed by atoms with Gasteiger partial charge in [-0.3, -0.25) is 0 Å². The Labute approximate surface area is 169 Å². The van der Waals surface area contributed by atoms with Crippen molar-refractivity contribution in [2.75, 3.05) is 13.2 Å². The summed E-state index contributed by atoms with van der Waals surface area (Å²) in [4.78, 5) is 12.1. The number of ether oxygens (including phenoxy) is 1. The van der Waals surface area contributed by atoms with Crippen LogP contribution in [0.25, 0.3) is 0 Å². The van der Waals surface area contributed by atoms with E-state index in [0.29, 0.717) is 28.9 Å². The number of benzene rings is 2. The minimum Gasteiger partial charge on any atom is -0.479 e. The Balaban J connectivity index is 1.87. The highest BCUT2D eigenvalue weighted by Gasteiger charge is 2.22. The minimum absolute atomic E-state index is 0.0127. The number of carbonyl (C=O) groups is 1. The second-order valence-corrected chi connectivity index (χ2v) is 7.46. The smallest absolute Gasteiger partial charge is 0.315 e. The van der Waals surface area contributed by atoms with E-state index in [9.17, 15) is 4.79 Å².